The number of rotatable bonds is 10. The predicted molar refractivity (Wildman–Crippen MR) is 380 cm³/mol. The van der Waals surface area contributed by atoms with Gasteiger partial charge in [-0.2, -0.15) is 0 Å². The predicted octanol–water partition coefficient (Wildman–Crippen LogP) is 22.1. The van der Waals surface area contributed by atoms with E-state index in [1.807, 2.05) is 36.4 Å². The maximum Gasteiger partial charge on any atom is 0.164 e. The average Bonchev–Trinajstić information content (AvgIpc) is 1.60. The van der Waals surface area contributed by atoms with Crippen LogP contribution in [0, 0.1) is 27.7 Å². The van der Waals surface area contributed by atoms with Crippen molar-refractivity contribution in [3.63, 3.8) is 0 Å². The van der Waals surface area contributed by atoms with Gasteiger partial charge in [-0.3, -0.25) is 0 Å². The highest BCUT2D eigenvalue weighted by Gasteiger charge is 2.25. The highest BCUT2D eigenvalue weighted by atomic mass is 15.0. The van der Waals surface area contributed by atoms with Gasteiger partial charge in [-0.15, -0.1) is 0 Å². The molecule has 0 radical (unpaired) electrons. The first-order valence-electron chi connectivity index (χ1n) is 31.2. The van der Waals surface area contributed by atoms with Gasteiger partial charge in [0.05, 0.1) is 38.8 Å². The van der Waals surface area contributed by atoms with E-state index >= 15 is 0 Å². The van der Waals surface area contributed by atoms with Crippen LogP contribution in [0.3, 0.4) is 0 Å². The number of hydrogen-bond donors (Lipinski definition) is 0. The molecule has 6 heteroatoms. The normalized spacial score (nSPS) is 11.7. The van der Waals surface area contributed by atoms with E-state index in [1.54, 1.807) is 0 Å². The molecule has 0 aliphatic carbocycles. The lowest BCUT2D eigenvalue weighted by Gasteiger charge is -2.22. The molecule has 0 fully saturated rings. The second-order valence-corrected chi connectivity index (χ2v) is 24.3. The van der Waals surface area contributed by atoms with Crippen LogP contribution in [-0.4, -0.2) is 28.7 Å². The summed E-state index contributed by atoms with van der Waals surface area (Å²) >= 11 is 0. The van der Waals surface area contributed by atoms with Crippen molar-refractivity contribution in [3.8, 4) is 95.7 Å². The van der Waals surface area contributed by atoms with E-state index in [-0.39, 0.29) is 0 Å². The van der Waals surface area contributed by atoms with E-state index < -0.39 is 0 Å². The minimum atomic E-state index is 0.573. The highest BCUT2D eigenvalue weighted by molar-refractivity contribution is 6.14. The van der Waals surface area contributed by atoms with E-state index in [2.05, 4.69) is 296 Å². The molecule has 4 heterocycles. The largest absolute Gasteiger partial charge is 0.309 e. The van der Waals surface area contributed by atoms with Gasteiger partial charge >= 0.3 is 0 Å². The van der Waals surface area contributed by atoms with Gasteiger partial charge in [0.2, 0.25) is 0 Å². The number of hydrogen-bond acceptors (Lipinski definition) is 3. The Hall–Kier alpha value is -11.7. The van der Waals surface area contributed by atoms with Crippen molar-refractivity contribution in [2.24, 2.45) is 0 Å². The third kappa shape index (κ3) is 9.22. The van der Waals surface area contributed by atoms with Crippen molar-refractivity contribution in [2.75, 3.05) is 0 Å². The number of fused-ring (bicyclic) bond motifs is 9. The Labute approximate surface area is 527 Å². The Kier molecular flexibility index (Phi) is 12.7. The van der Waals surface area contributed by atoms with Crippen LogP contribution < -0.4 is 0 Å². The molecule has 13 aromatic carbocycles. The third-order valence-corrected chi connectivity index (χ3v) is 18.2. The average molecular weight is 1170 g/mol. The zero-order valence-corrected chi connectivity index (χ0v) is 50.9. The van der Waals surface area contributed by atoms with Gasteiger partial charge < -0.3 is 13.7 Å². The zero-order valence-electron chi connectivity index (χ0n) is 50.9. The molecule has 0 saturated carbocycles. The Morgan fingerprint density at radius 3 is 0.879 bits per heavy atom. The van der Waals surface area contributed by atoms with Gasteiger partial charge in [0, 0.05) is 71.5 Å². The van der Waals surface area contributed by atoms with Crippen molar-refractivity contribution in [2.45, 2.75) is 27.7 Å². The van der Waals surface area contributed by atoms with Crippen LogP contribution in [0.15, 0.2) is 291 Å². The summed E-state index contributed by atoms with van der Waals surface area (Å²) in [6.45, 7) is 8.76. The molecule has 6 nitrogen and oxygen atoms in total. The third-order valence-electron chi connectivity index (χ3n) is 18.2. The molecule has 0 unspecified atom stereocenters. The number of aromatic nitrogens is 6. The highest BCUT2D eigenvalue weighted by Crippen LogP contribution is 2.47. The molecule has 430 valence electrons. The quantitative estimate of drug-likeness (QED) is 0.137. The van der Waals surface area contributed by atoms with Crippen LogP contribution in [0.4, 0.5) is 0 Å². The SMILES string of the molecule is Cc1cc(C)cc(-c2ccc3c(c2)c2cc(-c4cc(C)cc(C)c4)ccc2n3-c2c(-c3ccc(-n4c5ccccc5c5ccccc54)cc3)cc(-c3nc(-c4ccccc4)nc(-c4ccccc4)n3)cc2-c2ccc(-n3c4ccccc4c4ccccc43)cc2)c1. The Bertz CT molecular complexity index is 5240. The molecule has 0 saturated heterocycles. The first-order chi connectivity index (χ1) is 44.7. The van der Waals surface area contributed by atoms with Crippen molar-refractivity contribution in [1.29, 1.82) is 0 Å². The fraction of sp³-hybridized carbons (Fsp3) is 0.0471. The first-order valence-corrected chi connectivity index (χ1v) is 31.2. The topological polar surface area (TPSA) is 53.5 Å². The summed E-state index contributed by atoms with van der Waals surface area (Å²) < 4.78 is 7.32. The monoisotopic (exact) mass is 1160 g/mol. The van der Waals surface area contributed by atoms with Crippen molar-refractivity contribution in [3.05, 3.63) is 313 Å². The zero-order chi connectivity index (χ0) is 60.8. The number of para-hydroxylation sites is 4. The molecule has 17 aromatic rings. The van der Waals surface area contributed by atoms with Gasteiger partial charge in [-0.05, 0) is 146 Å². The fourth-order valence-electron chi connectivity index (χ4n) is 14.3. The summed E-state index contributed by atoms with van der Waals surface area (Å²) in [7, 11) is 0. The smallest absolute Gasteiger partial charge is 0.164 e. The maximum absolute atomic E-state index is 5.44. The van der Waals surface area contributed by atoms with Gasteiger partial charge in [0.1, 0.15) is 0 Å². The summed E-state index contributed by atoms with van der Waals surface area (Å²) in [5.74, 6) is 1.78. The van der Waals surface area contributed by atoms with Crippen molar-refractivity contribution in [1.82, 2.24) is 28.7 Å². The van der Waals surface area contributed by atoms with Crippen LogP contribution >= 0.6 is 0 Å². The van der Waals surface area contributed by atoms with Gasteiger partial charge in [0.15, 0.2) is 17.5 Å². The van der Waals surface area contributed by atoms with Gasteiger partial charge in [-0.25, -0.2) is 15.0 Å². The molecule has 0 bridgehead atoms. The minimum Gasteiger partial charge on any atom is -0.309 e. The lowest BCUT2D eigenvalue weighted by Crippen LogP contribution is -2.04. The molecule has 91 heavy (non-hydrogen) atoms. The first kappa shape index (κ1) is 53.5. The van der Waals surface area contributed by atoms with Gasteiger partial charge in [-0.1, -0.05) is 229 Å². The van der Waals surface area contributed by atoms with E-state index in [0.29, 0.717) is 17.5 Å². The fourth-order valence-corrected chi connectivity index (χ4v) is 14.3. The second-order valence-electron chi connectivity index (χ2n) is 24.3. The van der Waals surface area contributed by atoms with Crippen LogP contribution in [0.25, 0.3) is 161 Å². The molecule has 0 atom stereocenters. The molecule has 4 aromatic heterocycles. The van der Waals surface area contributed by atoms with Crippen LogP contribution in [0.2, 0.25) is 0 Å². The van der Waals surface area contributed by atoms with Crippen LogP contribution in [0.1, 0.15) is 22.3 Å². The van der Waals surface area contributed by atoms with Crippen molar-refractivity contribution >= 4 is 65.4 Å². The van der Waals surface area contributed by atoms with E-state index in [0.717, 1.165) is 89.1 Å². The second kappa shape index (κ2) is 21.5. The number of nitrogens with zero attached hydrogens (tertiary/aromatic N) is 6. The summed E-state index contributed by atoms with van der Waals surface area (Å²) in [5, 5.41) is 7.22. The molecule has 0 spiro atoms. The molecular weight excluding hydrogens is 1100 g/mol. The molecular formula is C85H60N6. The summed E-state index contributed by atoms with van der Waals surface area (Å²) in [6, 6.07) is 106. The minimum absolute atomic E-state index is 0.573. The summed E-state index contributed by atoms with van der Waals surface area (Å²) in [4.78, 5) is 16.1. The maximum atomic E-state index is 5.44. The van der Waals surface area contributed by atoms with Crippen LogP contribution in [-0.2, 0) is 0 Å². The standard InChI is InChI=1S/C85H60N6/c1-53-43-54(2)46-63(45-53)61-35-41-80-74(49-61)75-50-62(64-47-55(3)44-56(4)48-64)36-42-81(75)91(80)82-72(57-31-37-66(38-32-57)89-76-27-15-11-23-68(76)69-24-12-16-28-77(69)89)51-65(85-87-83(59-19-7-5-8-20-59)86-84(88-85)60-21-9-6-10-22-60)52-73(82)58-33-39-67(40-34-58)90-78-29-17-13-25-70(78)71-26-14-18-30-79(71)90/h5-52H,1-4H3. The Morgan fingerprint density at radius 2 is 0.516 bits per heavy atom. The number of benzene rings is 13. The van der Waals surface area contributed by atoms with E-state index in [9.17, 15) is 0 Å². The molecule has 0 aliphatic heterocycles. The molecule has 0 N–H and O–H groups in total. The molecule has 17 rings (SSSR count). The van der Waals surface area contributed by atoms with Gasteiger partial charge in [0.25, 0.3) is 0 Å². The lowest BCUT2D eigenvalue weighted by atomic mass is 9.92. The van der Waals surface area contributed by atoms with E-state index in [4.69, 9.17) is 15.0 Å². The molecule has 0 amide bonds. The van der Waals surface area contributed by atoms with Crippen molar-refractivity contribution < 1.29 is 0 Å². The summed E-state index contributed by atoms with van der Waals surface area (Å²) in [6.07, 6.45) is 0. The summed E-state index contributed by atoms with van der Waals surface area (Å²) in [5.41, 5.74) is 26.5. The van der Waals surface area contributed by atoms with Crippen LogP contribution in [0.5, 0.6) is 0 Å². The Morgan fingerprint density at radius 1 is 0.209 bits per heavy atom. The number of aryl methyl sites for hydroxylation is 4. The van der Waals surface area contributed by atoms with E-state index in [1.165, 1.54) is 76.8 Å². The molecule has 0 aliphatic rings. The Balaban J connectivity index is 0.980. The lowest BCUT2D eigenvalue weighted by molar-refractivity contribution is 1.07.